The molecule has 1 heterocycles. The number of fused-ring (bicyclic) bond motifs is 1. The minimum absolute atomic E-state index is 0.111. The van der Waals surface area contributed by atoms with Gasteiger partial charge in [0.1, 0.15) is 6.61 Å². The first-order valence-corrected chi connectivity index (χ1v) is 6.76. The van der Waals surface area contributed by atoms with E-state index in [9.17, 15) is 18.0 Å². The molecule has 0 bridgehead atoms. The Bertz CT molecular complexity index is 503. The summed E-state index contributed by atoms with van der Waals surface area (Å²) >= 11 is 0. The topological polar surface area (TPSA) is 50.4 Å². The van der Waals surface area contributed by atoms with E-state index in [0.717, 1.165) is 30.6 Å². The maximum absolute atomic E-state index is 11.9. The Morgan fingerprint density at radius 2 is 2.19 bits per heavy atom. The molecule has 0 fully saturated rings. The molecule has 0 saturated carbocycles. The minimum atomic E-state index is -4.36. The van der Waals surface area contributed by atoms with E-state index < -0.39 is 12.8 Å². The maximum atomic E-state index is 11.9. The van der Waals surface area contributed by atoms with Crippen molar-refractivity contribution < 1.29 is 22.7 Å². The van der Waals surface area contributed by atoms with Crippen molar-refractivity contribution in [2.24, 2.45) is 0 Å². The van der Waals surface area contributed by atoms with Crippen LogP contribution in [0.3, 0.4) is 0 Å². The maximum Gasteiger partial charge on any atom is 0.411 e. The number of alkyl halides is 3. The van der Waals surface area contributed by atoms with Crippen LogP contribution in [0.15, 0.2) is 18.2 Å². The van der Waals surface area contributed by atoms with Crippen molar-refractivity contribution in [3.63, 3.8) is 0 Å². The number of nitrogens with one attached hydrogen (secondary N) is 2. The molecule has 2 rings (SSSR count). The zero-order chi connectivity index (χ0) is 15.3. The summed E-state index contributed by atoms with van der Waals surface area (Å²) in [5.41, 5.74) is 2.69. The highest BCUT2D eigenvalue weighted by Gasteiger charge is 2.27. The predicted octanol–water partition coefficient (Wildman–Crippen LogP) is 2.95. The number of benzene rings is 1. The van der Waals surface area contributed by atoms with Gasteiger partial charge in [-0.05, 0) is 24.5 Å². The van der Waals surface area contributed by atoms with E-state index in [-0.39, 0.29) is 18.9 Å². The standard InChI is InChI=1S/C14H17F3N2O2/c15-14(16,17)9-21-8-6-12(20)19-11-5-1-3-10-4-2-7-18-13(10)11/h1,3,5,18H,2,4,6-9H2,(H,19,20). The molecular weight excluding hydrogens is 285 g/mol. The lowest BCUT2D eigenvalue weighted by molar-refractivity contribution is -0.174. The SMILES string of the molecule is O=C(CCOCC(F)(F)F)Nc1cccc2c1NCCC2. The molecule has 1 aromatic rings. The number of carbonyl (C=O) groups excluding carboxylic acids is 1. The molecule has 21 heavy (non-hydrogen) atoms. The van der Waals surface area contributed by atoms with E-state index in [4.69, 9.17) is 0 Å². The number of ether oxygens (including phenoxy) is 1. The van der Waals surface area contributed by atoms with Crippen LogP contribution < -0.4 is 10.6 Å². The van der Waals surface area contributed by atoms with Gasteiger partial charge in [-0.15, -0.1) is 0 Å². The number of para-hydroxylation sites is 1. The third-order valence-electron chi connectivity index (χ3n) is 3.09. The van der Waals surface area contributed by atoms with E-state index in [2.05, 4.69) is 15.4 Å². The summed E-state index contributed by atoms with van der Waals surface area (Å²) in [5, 5.41) is 5.93. The van der Waals surface area contributed by atoms with Crippen molar-refractivity contribution in [1.29, 1.82) is 0 Å². The Morgan fingerprint density at radius 1 is 1.38 bits per heavy atom. The summed E-state index contributed by atoms with van der Waals surface area (Å²) in [4.78, 5) is 11.7. The third-order valence-corrected chi connectivity index (χ3v) is 3.09. The third kappa shape index (κ3) is 4.93. The number of rotatable bonds is 5. The van der Waals surface area contributed by atoms with E-state index in [1.807, 2.05) is 12.1 Å². The van der Waals surface area contributed by atoms with E-state index in [0.29, 0.717) is 5.69 Å². The number of anilines is 2. The molecule has 0 unspecified atom stereocenters. The van der Waals surface area contributed by atoms with Crippen molar-refractivity contribution in [2.45, 2.75) is 25.4 Å². The van der Waals surface area contributed by atoms with Gasteiger partial charge in [0, 0.05) is 6.54 Å². The van der Waals surface area contributed by atoms with E-state index in [1.165, 1.54) is 0 Å². The van der Waals surface area contributed by atoms with Crippen molar-refractivity contribution in [2.75, 3.05) is 30.4 Å². The molecular formula is C14H17F3N2O2. The molecule has 1 aromatic carbocycles. The second kappa shape index (κ2) is 6.80. The largest absolute Gasteiger partial charge is 0.411 e. The molecule has 0 aliphatic carbocycles. The van der Waals surface area contributed by atoms with Gasteiger partial charge in [-0.2, -0.15) is 13.2 Å². The van der Waals surface area contributed by atoms with E-state index >= 15 is 0 Å². The predicted molar refractivity (Wildman–Crippen MR) is 73.4 cm³/mol. The second-order valence-corrected chi connectivity index (χ2v) is 4.84. The summed E-state index contributed by atoms with van der Waals surface area (Å²) in [5.74, 6) is -0.363. The molecule has 0 saturated heterocycles. The summed E-state index contributed by atoms with van der Waals surface area (Å²) in [6, 6.07) is 5.61. The highest BCUT2D eigenvalue weighted by molar-refractivity contribution is 5.95. The lowest BCUT2D eigenvalue weighted by Crippen LogP contribution is -2.21. The molecule has 0 atom stereocenters. The van der Waals surface area contributed by atoms with E-state index in [1.54, 1.807) is 6.07 Å². The van der Waals surface area contributed by atoms with Crippen LogP contribution in [0, 0.1) is 0 Å². The van der Waals surface area contributed by atoms with Crippen LogP contribution in [0.25, 0.3) is 0 Å². The number of aryl methyl sites for hydroxylation is 1. The number of hydrogen-bond acceptors (Lipinski definition) is 3. The average Bonchev–Trinajstić information content (AvgIpc) is 2.43. The molecule has 0 spiro atoms. The molecule has 2 N–H and O–H groups in total. The fourth-order valence-electron chi connectivity index (χ4n) is 2.18. The van der Waals surface area contributed by atoms with Crippen LogP contribution in [-0.2, 0) is 16.0 Å². The minimum Gasteiger partial charge on any atom is -0.383 e. The van der Waals surface area contributed by atoms with Crippen molar-refractivity contribution in [1.82, 2.24) is 0 Å². The molecule has 1 amide bonds. The van der Waals surface area contributed by atoms with Gasteiger partial charge < -0.3 is 15.4 Å². The molecule has 4 nitrogen and oxygen atoms in total. The summed E-state index contributed by atoms with van der Waals surface area (Å²) in [7, 11) is 0. The zero-order valence-corrected chi connectivity index (χ0v) is 11.4. The summed E-state index contributed by atoms with van der Waals surface area (Å²) in [6.07, 6.45) is -2.49. The van der Waals surface area contributed by atoms with Gasteiger partial charge in [-0.3, -0.25) is 4.79 Å². The number of hydrogen-bond donors (Lipinski definition) is 2. The first-order valence-electron chi connectivity index (χ1n) is 6.76. The molecule has 0 radical (unpaired) electrons. The van der Waals surface area contributed by atoms with Crippen LogP contribution in [0.5, 0.6) is 0 Å². The zero-order valence-electron chi connectivity index (χ0n) is 11.4. The van der Waals surface area contributed by atoms with Crippen molar-refractivity contribution >= 4 is 17.3 Å². The Morgan fingerprint density at radius 3 is 2.95 bits per heavy atom. The van der Waals surface area contributed by atoms with Crippen LogP contribution in [0.2, 0.25) is 0 Å². The van der Waals surface area contributed by atoms with Crippen molar-refractivity contribution in [3.05, 3.63) is 23.8 Å². The molecule has 1 aliphatic rings. The second-order valence-electron chi connectivity index (χ2n) is 4.84. The first-order chi connectivity index (χ1) is 9.96. The average molecular weight is 302 g/mol. The quantitative estimate of drug-likeness (QED) is 0.822. The molecule has 116 valence electrons. The van der Waals surface area contributed by atoms with Crippen LogP contribution in [0.4, 0.5) is 24.5 Å². The number of halogens is 3. The first kappa shape index (κ1) is 15.6. The van der Waals surface area contributed by atoms with Gasteiger partial charge in [0.15, 0.2) is 0 Å². The Balaban J connectivity index is 1.83. The van der Waals surface area contributed by atoms with Gasteiger partial charge in [-0.1, -0.05) is 12.1 Å². The fourth-order valence-corrected chi connectivity index (χ4v) is 2.18. The lowest BCUT2D eigenvalue weighted by atomic mass is 10.0. The van der Waals surface area contributed by atoms with Crippen LogP contribution >= 0.6 is 0 Å². The Hall–Kier alpha value is -1.76. The molecule has 1 aliphatic heterocycles. The Kier molecular flexibility index (Phi) is 5.06. The lowest BCUT2D eigenvalue weighted by Gasteiger charge is -2.21. The molecule has 7 heteroatoms. The summed E-state index contributed by atoms with van der Waals surface area (Å²) in [6.45, 7) is -0.745. The van der Waals surface area contributed by atoms with Gasteiger partial charge >= 0.3 is 6.18 Å². The van der Waals surface area contributed by atoms with Gasteiger partial charge in [0.25, 0.3) is 0 Å². The van der Waals surface area contributed by atoms with Crippen molar-refractivity contribution in [3.8, 4) is 0 Å². The highest BCUT2D eigenvalue weighted by Crippen LogP contribution is 2.30. The fraction of sp³-hybridized carbons (Fsp3) is 0.500. The normalized spacial score (nSPS) is 14.2. The highest BCUT2D eigenvalue weighted by atomic mass is 19.4. The smallest absolute Gasteiger partial charge is 0.383 e. The van der Waals surface area contributed by atoms with Crippen LogP contribution in [0.1, 0.15) is 18.4 Å². The number of carbonyl (C=O) groups is 1. The van der Waals surface area contributed by atoms with Gasteiger partial charge in [0.05, 0.1) is 24.4 Å². The summed E-state index contributed by atoms with van der Waals surface area (Å²) < 4.78 is 40.1. The molecule has 0 aromatic heterocycles. The van der Waals surface area contributed by atoms with Gasteiger partial charge in [0.2, 0.25) is 5.91 Å². The van der Waals surface area contributed by atoms with Crippen LogP contribution in [-0.4, -0.2) is 31.8 Å². The number of amides is 1. The van der Waals surface area contributed by atoms with Gasteiger partial charge in [-0.25, -0.2) is 0 Å². The monoisotopic (exact) mass is 302 g/mol. The Labute approximate surface area is 120 Å².